The van der Waals surface area contributed by atoms with Crippen molar-refractivity contribution in [1.82, 2.24) is 9.88 Å². The minimum absolute atomic E-state index is 0.0768. The number of hydrogen-bond donors (Lipinski definition) is 0. The monoisotopic (exact) mass is 550 g/mol. The molecular weight excluding hydrogens is 519 g/mol. The van der Waals surface area contributed by atoms with E-state index in [1.54, 1.807) is 19.4 Å². The van der Waals surface area contributed by atoms with Gasteiger partial charge in [0.05, 0.1) is 12.1 Å². The van der Waals surface area contributed by atoms with Crippen LogP contribution in [0.25, 0.3) is 21.2 Å². The molecule has 198 valence electrons. The summed E-state index contributed by atoms with van der Waals surface area (Å²) in [6.45, 7) is 4.59. The fourth-order valence-electron chi connectivity index (χ4n) is 5.56. The third-order valence-electron chi connectivity index (χ3n) is 7.75. The van der Waals surface area contributed by atoms with Crippen LogP contribution < -0.4 is 4.74 Å². The summed E-state index contributed by atoms with van der Waals surface area (Å²) in [5.41, 5.74) is 3.96. The van der Waals surface area contributed by atoms with Crippen molar-refractivity contribution in [1.29, 1.82) is 0 Å². The van der Waals surface area contributed by atoms with Crippen molar-refractivity contribution in [2.45, 2.75) is 58.5 Å². The van der Waals surface area contributed by atoms with E-state index in [2.05, 4.69) is 18.0 Å². The van der Waals surface area contributed by atoms with Crippen molar-refractivity contribution in [3.8, 4) is 16.9 Å². The van der Waals surface area contributed by atoms with Gasteiger partial charge < -0.3 is 9.64 Å². The third kappa shape index (κ3) is 5.29. The number of ether oxygens (including phenoxy) is 1. The zero-order valence-corrected chi connectivity index (χ0v) is 23.5. The first kappa shape index (κ1) is 26.6. The first-order chi connectivity index (χ1) is 18.4. The Bertz CT molecular complexity index is 1460. The number of fused-ring (bicyclic) bond motifs is 1. The molecule has 0 bridgehead atoms. The predicted molar refractivity (Wildman–Crippen MR) is 154 cm³/mol. The Labute approximate surface area is 232 Å². The quantitative estimate of drug-likeness (QED) is 0.231. The summed E-state index contributed by atoms with van der Waals surface area (Å²) in [5.74, 6) is 0.869. The Morgan fingerprint density at radius 2 is 1.89 bits per heavy atom. The molecule has 38 heavy (non-hydrogen) atoms. The van der Waals surface area contributed by atoms with E-state index < -0.39 is 5.82 Å². The Morgan fingerprint density at radius 3 is 2.58 bits per heavy atom. The Morgan fingerprint density at radius 1 is 1.13 bits per heavy atom. The van der Waals surface area contributed by atoms with Gasteiger partial charge in [0, 0.05) is 40.1 Å². The summed E-state index contributed by atoms with van der Waals surface area (Å²) in [6.07, 6.45) is 7.02. The van der Waals surface area contributed by atoms with E-state index in [1.165, 1.54) is 17.4 Å². The second kappa shape index (κ2) is 11.4. The summed E-state index contributed by atoms with van der Waals surface area (Å²) in [4.78, 5) is 20.8. The zero-order valence-electron chi connectivity index (χ0n) is 22.0. The highest BCUT2D eigenvalue weighted by molar-refractivity contribution is 7.21. The number of hydrogen-bond acceptors (Lipinski definition) is 4. The summed E-state index contributed by atoms with van der Waals surface area (Å²) in [7, 11) is 1.65. The number of carbonyl (C=O) groups excluding carboxylic acids is 1. The average Bonchev–Trinajstić information content (AvgIpc) is 3.28. The number of pyridine rings is 1. The highest BCUT2D eigenvalue weighted by Gasteiger charge is 2.32. The molecule has 0 spiro atoms. The molecule has 1 aliphatic carbocycles. The molecule has 0 atom stereocenters. The number of carbonyl (C=O) groups is 1. The summed E-state index contributed by atoms with van der Waals surface area (Å²) < 4.78 is 21.0. The van der Waals surface area contributed by atoms with Gasteiger partial charge in [0.25, 0.3) is 5.91 Å². The van der Waals surface area contributed by atoms with E-state index in [9.17, 15) is 9.18 Å². The van der Waals surface area contributed by atoms with Crippen molar-refractivity contribution >= 4 is 38.9 Å². The molecule has 0 saturated heterocycles. The van der Waals surface area contributed by atoms with E-state index in [0.29, 0.717) is 27.4 Å². The predicted octanol–water partition coefficient (Wildman–Crippen LogP) is 8.68. The number of nitrogens with zero attached hydrogens (tertiary/aromatic N) is 2. The molecule has 0 unspecified atom stereocenters. The fraction of sp³-hybridized carbons (Fsp3) is 0.355. The largest absolute Gasteiger partial charge is 0.496 e. The van der Waals surface area contributed by atoms with Crippen molar-refractivity contribution in [2.75, 3.05) is 7.11 Å². The Balaban J connectivity index is 1.55. The molecule has 1 fully saturated rings. The minimum atomic E-state index is -0.403. The molecule has 2 aromatic carbocycles. The molecule has 1 saturated carbocycles. The van der Waals surface area contributed by atoms with Gasteiger partial charge in [0.1, 0.15) is 16.4 Å². The van der Waals surface area contributed by atoms with Gasteiger partial charge >= 0.3 is 0 Å². The third-order valence-corrected chi connectivity index (χ3v) is 9.38. The maximum Gasteiger partial charge on any atom is 0.266 e. The number of benzene rings is 2. The molecule has 2 heterocycles. The molecule has 0 N–H and O–H groups in total. The van der Waals surface area contributed by atoms with Gasteiger partial charge in [-0.3, -0.25) is 9.78 Å². The Kier molecular flexibility index (Phi) is 8.01. The van der Waals surface area contributed by atoms with E-state index in [-0.39, 0.29) is 17.0 Å². The Hall–Kier alpha value is -2.96. The van der Waals surface area contributed by atoms with Gasteiger partial charge in [-0.15, -0.1) is 11.3 Å². The van der Waals surface area contributed by atoms with Gasteiger partial charge in [-0.1, -0.05) is 37.1 Å². The molecule has 7 heteroatoms. The topological polar surface area (TPSA) is 42.4 Å². The SMILES string of the molecule is CC[C@H]1CC[C@H](N(Cc2cc(-c3ccnc(C)c3)ccc2OC)C(=O)c2sc3cccc(F)c3c2Cl)CC1. The van der Waals surface area contributed by atoms with Crippen LogP contribution in [0.15, 0.2) is 54.7 Å². The maximum absolute atomic E-state index is 14.6. The van der Waals surface area contributed by atoms with E-state index in [1.807, 2.05) is 42.2 Å². The van der Waals surface area contributed by atoms with E-state index in [0.717, 1.165) is 60.2 Å². The van der Waals surface area contributed by atoms with E-state index in [4.69, 9.17) is 16.3 Å². The van der Waals surface area contributed by atoms with Crippen LogP contribution in [0, 0.1) is 18.7 Å². The number of aryl methyl sites for hydroxylation is 1. The van der Waals surface area contributed by atoms with Gasteiger partial charge in [0.2, 0.25) is 0 Å². The summed E-state index contributed by atoms with van der Waals surface area (Å²) in [5, 5.41) is 0.526. The van der Waals surface area contributed by atoms with Crippen molar-refractivity contribution in [3.63, 3.8) is 0 Å². The minimum Gasteiger partial charge on any atom is -0.496 e. The lowest BCUT2D eigenvalue weighted by Gasteiger charge is -2.37. The smallest absolute Gasteiger partial charge is 0.266 e. The molecular formula is C31H32ClFN2O2S. The van der Waals surface area contributed by atoms with Crippen LogP contribution in [0.2, 0.25) is 5.02 Å². The maximum atomic E-state index is 14.6. The number of rotatable bonds is 7. The van der Waals surface area contributed by atoms with Crippen LogP contribution in [0.4, 0.5) is 4.39 Å². The highest BCUT2D eigenvalue weighted by Crippen LogP contribution is 2.40. The molecule has 1 aliphatic rings. The highest BCUT2D eigenvalue weighted by atomic mass is 35.5. The lowest BCUT2D eigenvalue weighted by molar-refractivity contribution is 0.0591. The average molecular weight is 551 g/mol. The standard InChI is InChI=1S/C31H32ClFN2O2S/c1-4-20-8-11-24(12-9-20)35(31(36)30-29(32)28-25(33)6-5-7-27(28)38-30)18-23-17-21(10-13-26(23)37-3)22-14-15-34-19(2)16-22/h5-7,10,13-17,20,24H,4,8-9,11-12,18H2,1-3H3/t20-,24-. The second-order valence-electron chi connectivity index (χ2n) is 10.1. The molecule has 5 rings (SSSR count). The van der Waals surface area contributed by atoms with Crippen LogP contribution in [0.1, 0.15) is 60.0 Å². The number of methoxy groups -OCH3 is 1. The number of amides is 1. The molecule has 0 aliphatic heterocycles. The van der Waals surface area contributed by atoms with Crippen LogP contribution in [0.3, 0.4) is 0 Å². The van der Waals surface area contributed by atoms with Crippen LogP contribution in [-0.4, -0.2) is 28.9 Å². The number of halogens is 2. The molecule has 4 nitrogen and oxygen atoms in total. The first-order valence-corrected chi connectivity index (χ1v) is 14.4. The van der Waals surface area contributed by atoms with Gasteiger partial charge in [-0.25, -0.2) is 4.39 Å². The van der Waals surface area contributed by atoms with Gasteiger partial charge in [-0.2, -0.15) is 0 Å². The fourth-order valence-corrected chi connectivity index (χ4v) is 7.07. The number of aromatic nitrogens is 1. The lowest BCUT2D eigenvalue weighted by Crippen LogP contribution is -2.41. The lowest BCUT2D eigenvalue weighted by atomic mass is 9.83. The first-order valence-electron chi connectivity index (χ1n) is 13.2. The second-order valence-corrected chi connectivity index (χ2v) is 11.5. The van der Waals surface area contributed by atoms with Gasteiger partial charge in [-0.05, 0) is 86.1 Å². The van der Waals surface area contributed by atoms with E-state index >= 15 is 0 Å². The summed E-state index contributed by atoms with van der Waals surface area (Å²) >= 11 is 7.92. The van der Waals surface area contributed by atoms with Crippen LogP contribution in [-0.2, 0) is 6.54 Å². The number of thiophene rings is 1. The van der Waals surface area contributed by atoms with Crippen LogP contribution >= 0.6 is 22.9 Å². The molecule has 4 aromatic rings. The molecule has 2 aromatic heterocycles. The van der Waals surface area contributed by atoms with Crippen LogP contribution in [0.5, 0.6) is 5.75 Å². The normalized spacial score (nSPS) is 17.5. The van der Waals surface area contributed by atoms with Crippen molar-refractivity contribution in [2.24, 2.45) is 5.92 Å². The van der Waals surface area contributed by atoms with Gasteiger partial charge in [0.15, 0.2) is 0 Å². The summed E-state index contributed by atoms with van der Waals surface area (Å²) in [6, 6.07) is 15.0. The van der Waals surface area contributed by atoms with Crippen molar-refractivity contribution < 1.29 is 13.9 Å². The molecule has 1 amide bonds. The van der Waals surface area contributed by atoms with Crippen molar-refractivity contribution in [3.05, 3.63) is 81.7 Å². The zero-order chi connectivity index (χ0) is 26.8. The molecule has 0 radical (unpaired) electrons.